The predicted molar refractivity (Wildman–Crippen MR) is 94.3 cm³/mol. The van der Waals surface area contributed by atoms with E-state index < -0.39 is 0 Å². The lowest BCUT2D eigenvalue weighted by atomic mass is 9.95. The van der Waals surface area contributed by atoms with Crippen LogP contribution in [0.1, 0.15) is 40.0 Å². The normalized spacial score (nSPS) is 17.3. The highest BCUT2D eigenvalue weighted by Gasteiger charge is 2.29. The Morgan fingerprint density at radius 1 is 1.25 bits per heavy atom. The Morgan fingerprint density at radius 2 is 1.92 bits per heavy atom. The van der Waals surface area contributed by atoms with Crippen LogP contribution in [0.3, 0.4) is 0 Å². The van der Waals surface area contributed by atoms with Crippen LogP contribution < -0.4 is 10.6 Å². The highest BCUT2D eigenvalue weighted by atomic mass is 16.5. The maximum atomic E-state index is 12.2. The van der Waals surface area contributed by atoms with Gasteiger partial charge in [-0.25, -0.2) is 0 Å². The number of hydrogen-bond donors (Lipinski definition) is 2. The summed E-state index contributed by atoms with van der Waals surface area (Å²) in [7, 11) is 0. The van der Waals surface area contributed by atoms with Crippen molar-refractivity contribution in [1.82, 2.24) is 15.5 Å². The minimum absolute atomic E-state index is 0.0354. The molecule has 0 saturated carbocycles. The molecule has 1 aliphatic heterocycles. The molecule has 1 unspecified atom stereocenters. The lowest BCUT2D eigenvalue weighted by molar-refractivity contribution is -0.128. The van der Waals surface area contributed by atoms with Crippen molar-refractivity contribution >= 4 is 11.8 Å². The molecule has 0 aromatic rings. The van der Waals surface area contributed by atoms with E-state index in [-0.39, 0.29) is 36.4 Å². The van der Waals surface area contributed by atoms with Crippen LogP contribution in [0.25, 0.3) is 0 Å². The lowest BCUT2D eigenvalue weighted by Crippen LogP contribution is -2.49. The molecule has 6 heteroatoms. The molecule has 0 aromatic heterocycles. The molecule has 1 aliphatic rings. The van der Waals surface area contributed by atoms with Crippen molar-refractivity contribution in [3.8, 4) is 12.3 Å². The van der Waals surface area contributed by atoms with Crippen molar-refractivity contribution in [3.05, 3.63) is 0 Å². The summed E-state index contributed by atoms with van der Waals surface area (Å²) in [6.07, 6.45) is 7.76. The number of rotatable bonds is 9. The Morgan fingerprint density at radius 3 is 2.50 bits per heavy atom. The van der Waals surface area contributed by atoms with Gasteiger partial charge in [0.1, 0.15) is 0 Å². The van der Waals surface area contributed by atoms with E-state index in [4.69, 9.17) is 11.2 Å². The Hall–Kier alpha value is -1.58. The van der Waals surface area contributed by atoms with Crippen LogP contribution in [0.15, 0.2) is 0 Å². The molecule has 0 bridgehead atoms. The summed E-state index contributed by atoms with van der Waals surface area (Å²) in [6.45, 7) is 8.94. The Kier molecular flexibility index (Phi) is 9.43. The minimum Gasteiger partial charge on any atom is -0.379 e. The van der Waals surface area contributed by atoms with Crippen molar-refractivity contribution in [2.45, 2.75) is 52.2 Å². The van der Waals surface area contributed by atoms with Crippen LogP contribution >= 0.6 is 0 Å². The summed E-state index contributed by atoms with van der Waals surface area (Å²) in [5.41, 5.74) is 0. The number of amides is 2. The molecule has 2 N–H and O–H groups in total. The van der Waals surface area contributed by atoms with Crippen LogP contribution in [-0.2, 0) is 14.3 Å². The van der Waals surface area contributed by atoms with E-state index in [1.807, 2.05) is 20.8 Å². The monoisotopic (exact) mass is 337 g/mol. The second-order valence-electron chi connectivity index (χ2n) is 6.47. The van der Waals surface area contributed by atoms with Gasteiger partial charge in [0.15, 0.2) is 0 Å². The van der Waals surface area contributed by atoms with E-state index in [2.05, 4.69) is 21.5 Å². The van der Waals surface area contributed by atoms with Crippen molar-refractivity contribution in [1.29, 1.82) is 0 Å². The van der Waals surface area contributed by atoms with Crippen LogP contribution in [0.4, 0.5) is 0 Å². The number of hydrogen-bond acceptors (Lipinski definition) is 4. The van der Waals surface area contributed by atoms with Crippen molar-refractivity contribution < 1.29 is 14.3 Å². The van der Waals surface area contributed by atoms with Crippen molar-refractivity contribution in [2.75, 3.05) is 32.8 Å². The van der Waals surface area contributed by atoms with E-state index in [9.17, 15) is 9.59 Å². The van der Waals surface area contributed by atoms with Crippen LogP contribution in [0.2, 0.25) is 0 Å². The average Bonchev–Trinajstić information content (AvgIpc) is 2.58. The summed E-state index contributed by atoms with van der Waals surface area (Å²) >= 11 is 0. The summed E-state index contributed by atoms with van der Waals surface area (Å²) in [5, 5.41) is 5.69. The van der Waals surface area contributed by atoms with Crippen LogP contribution in [-0.4, -0.2) is 61.6 Å². The van der Waals surface area contributed by atoms with Crippen molar-refractivity contribution in [2.24, 2.45) is 5.92 Å². The average molecular weight is 337 g/mol. The second kappa shape index (κ2) is 11.1. The molecule has 1 rings (SSSR count). The third kappa shape index (κ3) is 7.33. The fraction of sp³-hybridized carbons (Fsp3) is 0.778. The molecule has 0 radical (unpaired) electrons. The predicted octanol–water partition coefficient (Wildman–Crippen LogP) is 0.768. The number of likely N-dealkylation sites (tertiary alicyclic amines) is 1. The number of nitrogens with zero attached hydrogens (tertiary/aromatic N) is 1. The first-order valence-corrected chi connectivity index (χ1v) is 8.80. The summed E-state index contributed by atoms with van der Waals surface area (Å²) in [6, 6.07) is -0.212. The summed E-state index contributed by atoms with van der Waals surface area (Å²) in [5.74, 6) is 2.50. The fourth-order valence-electron chi connectivity index (χ4n) is 2.75. The number of piperidine rings is 1. The van der Waals surface area contributed by atoms with Gasteiger partial charge in [0, 0.05) is 19.1 Å². The molecule has 1 saturated heterocycles. The number of ether oxygens (including phenoxy) is 1. The first kappa shape index (κ1) is 20.5. The van der Waals surface area contributed by atoms with E-state index in [1.54, 1.807) is 0 Å². The number of nitrogens with one attached hydrogen (secondary N) is 2. The number of terminal acetylenes is 1. The number of carbonyl (C=O) groups excluding carboxylic acids is 2. The topological polar surface area (TPSA) is 70.7 Å². The zero-order valence-electron chi connectivity index (χ0n) is 15.1. The molecule has 24 heavy (non-hydrogen) atoms. The maximum absolute atomic E-state index is 12.2. The van der Waals surface area contributed by atoms with E-state index in [0.717, 1.165) is 32.4 Å². The Labute approximate surface area is 145 Å². The molecule has 1 heterocycles. The SMILES string of the molecule is C#CCNC(=O)C(C)N1CCC(C(=O)NCCCOC(C)C)CC1. The van der Waals surface area contributed by atoms with Gasteiger partial charge < -0.3 is 15.4 Å². The van der Waals surface area contributed by atoms with Crippen LogP contribution in [0, 0.1) is 18.3 Å². The zero-order chi connectivity index (χ0) is 17.9. The van der Waals surface area contributed by atoms with Gasteiger partial charge in [-0.3, -0.25) is 14.5 Å². The van der Waals surface area contributed by atoms with Gasteiger partial charge in [-0.15, -0.1) is 6.42 Å². The minimum atomic E-state index is -0.212. The summed E-state index contributed by atoms with van der Waals surface area (Å²) in [4.78, 5) is 26.2. The fourth-order valence-corrected chi connectivity index (χ4v) is 2.75. The molecule has 1 atom stereocenters. The van der Waals surface area contributed by atoms with E-state index in [1.165, 1.54) is 0 Å². The molecular weight excluding hydrogens is 306 g/mol. The van der Waals surface area contributed by atoms with Gasteiger partial charge in [0.05, 0.1) is 18.7 Å². The highest BCUT2D eigenvalue weighted by Crippen LogP contribution is 2.19. The molecule has 136 valence electrons. The van der Waals surface area contributed by atoms with Gasteiger partial charge in [-0.05, 0) is 53.1 Å². The van der Waals surface area contributed by atoms with Crippen LogP contribution in [0.5, 0.6) is 0 Å². The lowest BCUT2D eigenvalue weighted by Gasteiger charge is -2.34. The Bertz CT molecular complexity index is 437. The summed E-state index contributed by atoms with van der Waals surface area (Å²) < 4.78 is 5.45. The van der Waals surface area contributed by atoms with E-state index >= 15 is 0 Å². The molecule has 0 aromatic carbocycles. The smallest absolute Gasteiger partial charge is 0.237 e. The zero-order valence-corrected chi connectivity index (χ0v) is 15.1. The van der Waals surface area contributed by atoms with Gasteiger partial charge >= 0.3 is 0 Å². The van der Waals surface area contributed by atoms with Gasteiger partial charge in [-0.2, -0.15) is 0 Å². The third-order valence-corrected chi connectivity index (χ3v) is 4.26. The highest BCUT2D eigenvalue weighted by molar-refractivity contribution is 5.81. The third-order valence-electron chi connectivity index (χ3n) is 4.26. The van der Waals surface area contributed by atoms with Gasteiger partial charge in [0.25, 0.3) is 0 Å². The molecular formula is C18H31N3O3. The maximum Gasteiger partial charge on any atom is 0.237 e. The Balaban J connectivity index is 2.23. The number of carbonyl (C=O) groups is 2. The largest absolute Gasteiger partial charge is 0.379 e. The molecule has 0 aliphatic carbocycles. The van der Waals surface area contributed by atoms with E-state index in [0.29, 0.717) is 13.2 Å². The molecule has 1 fully saturated rings. The quantitative estimate of drug-likeness (QED) is 0.482. The molecule has 6 nitrogen and oxygen atoms in total. The molecule has 0 spiro atoms. The standard InChI is InChI=1S/C18H31N3O3/c1-5-9-19-17(22)15(4)21-11-7-16(8-12-21)18(23)20-10-6-13-24-14(2)3/h1,14-16H,6-13H2,2-4H3,(H,19,22)(H,20,23). The second-order valence-corrected chi connectivity index (χ2v) is 6.47. The van der Waals surface area contributed by atoms with Crippen molar-refractivity contribution in [3.63, 3.8) is 0 Å². The first-order valence-electron chi connectivity index (χ1n) is 8.80. The molecule has 2 amide bonds. The first-order chi connectivity index (χ1) is 11.5. The van der Waals surface area contributed by atoms with Gasteiger partial charge in [0.2, 0.25) is 11.8 Å². The van der Waals surface area contributed by atoms with Gasteiger partial charge in [-0.1, -0.05) is 5.92 Å².